The van der Waals surface area contributed by atoms with Crippen molar-refractivity contribution in [2.45, 2.75) is 39.5 Å². The summed E-state index contributed by atoms with van der Waals surface area (Å²) in [5.74, 6) is 0. The van der Waals surface area contributed by atoms with Crippen LogP contribution >= 0.6 is 0 Å². The quantitative estimate of drug-likeness (QED) is 0.791. The van der Waals surface area contributed by atoms with E-state index in [2.05, 4.69) is 20.5 Å². The molecular weight excluding hydrogens is 308 g/mol. The van der Waals surface area contributed by atoms with Crippen LogP contribution in [0.25, 0.3) is 5.65 Å². The van der Waals surface area contributed by atoms with E-state index >= 15 is 0 Å². The zero-order valence-corrected chi connectivity index (χ0v) is 13.9. The average molecular weight is 328 g/mol. The van der Waals surface area contributed by atoms with Crippen LogP contribution in [0.15, 0.2) is 36.9 Å². The highest BCUT2D eigenvalue weighted by molar-refractivity contribution is 5.67. The fourth-order valence-electron chi connectivity index (χ4n) is 2.26. The van der Waals surface area contributed by atoms with Crippen molar-refractivity contribution < 1.29 is 9.53 Å². The van der Waals surface area contributed by atoms with E-state index in [9.17, 15) is 4.79 Å². The molecule has 1 amide bonds. The van der Waals surface area contributed by atoms with Gasteiger partial charge in [-0.25, -0.2) is 14.3 Å². The van der Waals surface area contributed by atoms with Crippen molar-refractivity contribution in [2.75, 3.05) is 0 Å². The number of aromatic nitrogens is 5. The summed E-state index contributed by atoms with van der Waals surface area (Å²) in [5, 5.41) is 11.2. The number of ether oxygens (including phenoxy) is 1. The summed E-state index contributed by atoms with van der Waals surface area (Å²) >= 11 is 0. The summed E-state index contributed by atoms with van der Waals surface area (Å²) in [6.07, 6.45) is 4.69. The molecule has 0 saturated carbocycles. The van der Waals surface area contributed by atoms with Gasteiger partial charge >= 0.3 is 6.09 Å². The highest BCUT2D eigenvalue weighted by Gasteiger charge is 2.15. The summed E-state index contributed by atoms with van der Waals surface area (Å²) in [5.41, 5.74) is 2.16. The van der Waals surface area contributed by atoms with Crippen molar-refractivity contribution >= 4 is 11.7 Å². The van der Waals surface area contributed by atoms with Crippen molar-refractivity contribution in [1.29, 1.82) is 0 Å². The number of carbonyl (C=O) groups excluding carboxylic acids is 1. The van der Waals surface area contributed by atoms with E-state index < -0.39 is 11.7 Å². The Labute approximate surface area is 139 Å². The number of carbonyl (C=O) groups is 1. The molecule has 0 aliphatic carbocycles. The van der Waals surface area contributed by atoms with Gasteiger partial charge in [-0.1, -0.05) is 6.07 Å². The number of fused-ring (bicyclic) bond motifs is 1. The van der Waals surface area contributed by atoms with Crippen molar-refractivity contribution in [1.82, 2.24) is 29.7 Å². The lowest BCUT2D eigenvalue weighted by molar-refractivity contribution is 0.0523. The number of amides is 1. The minimum atomic E-state index is -0.509. The van der Waals surface area contributed by atoms with Crippen LogP contribution in [0.2, 0.25) is 0 Å². The first-order chi connectivity index (χ1) is 11.4. The second-order valence-electron chi connectivity index (χ2n) is 6.45. The Kier molecular flexibility index (Phi) is 4.20. The van der Waals surface area contributed by atoms with Crippen LogP contribution < -0.4 is 5.32 Å². The predicted octanol–water partition coefficient (Wildman–Crippen LogP) is 2.00. The molecule has 3 aromatic heterocycles. The third-order valence-electron chi connectivity index (χ3n) is 3.23. The fourth-order valence-corrected chi connectivity index (χ4v) is 2.26. The summed E-state index contributed by atoms with van der Waals surface area (Å²) in [7, 11) is 0. The first kappa shape index (κ1) is 16.0. The molecular formula is C16H20N6O2. The Balaban J connectivity index is 1.62. The molecule has 8 heteroatoms. The van der Waals surface area contributed by atoms with Gasteiger partial charge in [0.25, 0.3) is 0 Å². The Morgan fingerprint density at radius 3 is 2.92 bits per heavy atom. The SMILES string of the molecule is CC(C)(C)OC(=O)NCc1cnn(Cc2cccc3ncnn23)c1. The van der Waals surface area contributed by atoms with Gasteiger partial charge in [0, 0.05) is 18.3 Å². The lowest BCUT2D eigenvalue weighted by atomic mass is 10.2. The molecule has 0 aliphatic heterocycles. The van der Waals surface area contributed by atoms with Crippen LogP contribution in [0, 0.1) is 0 Å². The summed E-state index contributed by atoms with van der Waals surface area (Å²) in [6.45, 7) is 6.41. The van der Waals surface area contributed by atoms with Crippen LogP contribution in [-0.4, -0.2) is 36.1 Å². The van der Waals surface area contributed by atoms with E-state index in [0.717, 1.165) is 16.9 Å². The largest absolute Gasteiger partial charge is 0.444 e. The van der Waals surface area contributed by atoms with Crippen molar-refractivity contribution in [3.8, 4) is 0 Å². The number of hydrogen-bond donors (Lipinski definition) is 1. The number of nitrogens with one attached hydrogen (secondary N) is 1. The maximum Gasteiger partial charge on any atom is 0.407 e. The first-order valence-corrected chi connectivity index (χ1v) is 7.66. The maximum absolute atomic E-state index is 11.7. The molecule has 0 saturated heterocycles. The zero-order valence-electron chi connectivity index (χ0n) is 13.9. The van der Waals surface area contributed by atoms with E-state index in [-0.39, 0.29) is 0 Å². The van der Waals surface area contributed by atoms with Gasteiger partial charge in [-0.05, 0) is 32.9 Å². The maximum atomic E-state index is 11.7. The molecule has 24 heavy (non-hydrogen) atoms. The minimum Gasteiger partial charge on any atom is -0.444 e. The van der Waals surface area contributed by atoms with Crippen molar-refractivity contribution in [3.63, 3.8) is 0 Å². The van der Waals surface area contributed by atoms with Gasteiger partial charge in [-0.15, -0.1) is 0 Å². The molecule has 0 unspecified atom stereocenters. The van der Waals surface area contributed by atoms with Crippen LogP contribution in [0.1, 0.15) is 32.0 Å². The molecule has 0 bridgehead atoms. The molecule has 0 aliphatic rings. The predicted molar refractivity (Wildman–Crippen MR) is 87.4 cm³/mol. The van der Waals surface area contributed by atoms with Gasteiger partial charge in [0.15, 0.2) is 5.65 Å². The van der Waals surface area contributed by atoms with Gasteiger partial charge in [-0.3, -0.25) is 4.68 Å². The monoisotopic (exact) mass is 328 g/mol. The van der Waals surface area contributed by atoms with Crippen molar-refractivity contribution in [3.05, 3.63) is 48.2 Å². The van der Waals surface area contributed by atoms with E-state index in [1.165, 1.54) is 6.33 Å². The lowest BCUT2D eigenvalue weighted by Gasteiger charge is -2.19. The van der Waals surface area contributed by atoms with E-state index in [1.807, 2.05) is 45.2 Å². The van der Waals surface area contributed by atoms with Crippen LogP contribution in [0.5, 0.6) is 0 Å². The van der Waals surface area contributed by atoms with Gasteiger partial charge in [0.1, 0.15) is 11.9 Å². The Morgan fingerprint density at radius 1 is 1.29 bits per heavy atom. The van der Waals surface area contributed by atoms with Gasteiger partial charge in [0.05, 0.1) is 18.4 Å². The molecule has 0 fully saturated rings. The zero-order chi connectivity index (χ0) is 17.2. The Hall–Kier alpha value is -2.90. The highest BCUT2D eigenvalue weighted by Crippen LogP contribution is 2.08. The number of pyridine rings is 1. The smallest absolute Gasteiger partial charge is 0.407 e. The van der Waals surface area contributed by atoms with Crippen LogP contribution in [-0.2, 0) is 17.8 Å². The van der Waals surface area contributed by atoms with E-state index in [0.29, 0.717) is 13.1 Å². The molecule has 3 rings (SSSR count). The third kappa shape index (κ3) is 3.89. The normalized spacial score (nSPS) is 11.6. The topological polar surface area (TPSA) is 86.3 Å². The van der Waals surface area contributed by atoms with Gasteiger partial charge in [0.2, 0.25) is 0 Å². The average Bonchev–Trinajstić information content (AvgIpc) is 3.12. The molecule has 126 valence electrons. The fraction of sp³-hybridized carbons (Fsp3) is 0.375. The van der Waals surface area contributed by atoms with E-state index in [4.69, 9.17) is 4.74 Å². The number of rotatable bonds is 4. The summed E-state index contributed by atoms with van der Waals surface area (Å²) < 4.78 is 8.78. The summed E-state index contributed by atoms with van der Waals surface area (Å²) in [6, 6.07) is 5.81. The standard InChI is InChI=1S/C16H20N6O2/c1-16(2,3)24-15(23)17-7-12-8-19-21(9-12)10-13-5-4-6-14-18-11-20-22(13)14/h4-6,8-9,11H,7,10H2,1-3H3,(H,17,23). The Bertz CT molecular complexity index is 845. The van der Waals surface area contributed by atoms with E-state index in [1.54, 1.807) is 15.4 Å². The minimum absolute atomic E-state index is 0.364. The molecule has 0 spiro atoms. The Morgan fingerprint density at radius 2 is 2.12 bits per heavy atom. The van der Waals surface area contributed by atoms with Crippen LogP contribution in [0.4, 0.5) is 4.79 Å². The van der Waals surface area contributed by atoms with Gasteiger partial charge in [-0.2, -0.15) is 10.2 Å². The van der Waals surface area contributed by atoms with Crippen molar-refractivity contribution in [2.24, 2.45) is 0 Å². The number of nitrogens with zero attached hydrogens (tertiary/aromatic N) is 5. The summed E-state index contributed by atoms with van der Waals surface area (Å²) in [4.78, 5) is 15.8. The van der Waals surface area contributed by atoms with Crippen LogP contribution in [0.3, 0.4) is 0 Å². The molecule has 0 radical (unpaired) electrons. The molecule has 1 N–H and O–H groups in total. The molecule has 8 nitrogen and oxygen atoms in total. The molecule has 3 heterocycles. The number of alkyl carbamates (subject to hydrolysis) is 1. The second kappa shape index (κ2) is 6.31. The second-order valence-corrected chi connectivity index (χ2v) is 6.45. The number of hydrogen-bond acceptors (Lipinski definition) is 5. The third-order valence-corrected chi connectivity index (χ3v) is 3.23. The molecule has 0 atom stereocenters. The lowest BCUT2D eigenvalue weighted by Crippen LogP contribution is -2.32. The molecule has 3 aromatic rings. The van der Waals surface area contributed by atoms with Gasteiger partial charge < -0.3 is 10.1 Å². The first-order valence-electron chi connectivity index (χ1n) is 7.66. The highest BCUT2D eigenvalue weighted by atomic mass is 16.6. The molecule has 0 aromatic carbocycles.